The molecule has 1 aliphatic rings. The fourth-order valence-corrected chi connectivity index (χ4v) is 2.32. The Kier molecular flexibility index (Phi) is 4.66. The maximum atomic E-state index is 5.77. The molecule has 0 amide bonds. The van der Waals surface area contributed by atoms with Crippen molar-refractivity contribution in [3.63, 3.8) is 0 Å². The minimum absolute atomic E-state index is 0.0451. The van der Waals surface area contributed by atoms with Crippen LogP contribution in [-0.4, -0.2) is 47.3 Å². The molecule has 1 fully saturated rings. The van der Waals surface area contributed by atoms with Crippen LogP contribution in [0.3, 0.4) is 0 Å². The molecule has 2 aromatic rings. The Labute approximate surface area is 124 Å². The molecule has 0 spiro atoms. The van der Waals surface area contributed by atoms with E-state index in [0.29, 0.717) is 0 Å². The van der Waals surface area contributed by atoms with Gasteiger partial charge in [-0.25, -0.2) is 0 Å². The molecule has 0 aliphatic carbocycles. The van der Waals surface area contributed by atoms with E-state index in [1.807, 2.05) is 42.6 Å². The van der Waals surface area contributed by atoms with Crippen LogP contribution in [-0.2, 0) is 4.74 Å². The fraction of sp³-hybridized carbons (Fsp3) is 0.312. The van der Waals surface area contributed by atoms with Crippen LogP contribution >= 0.6 is 0 Å². The molecule has 0 aromatic carbocycles. The first-order valence-electron chi connectivity index (χ1n) is 7.11. The largest absolute Gasteiger partial charge is 0.356 e. The second-order valence-electron chi connectivity index (χ2n) is 4.80. The summed E-state index contributed by atoms with van der Waals surface area (Å²) in [6.45, 7) is 3.24. The summed E-state index contributed by atoms with van der Waals surface area (Å²) in [5.74, 6) is 0. The Hall–Kier alpha value is -2.11. The topological polar surface area (TPSA) is 50.6 Å². The second-order valence-corrected chi connectivity index (χ2v) is 4.80. The van der Waals surface area contributed by atoms with Gasteiger partial charge in [0.05, 0.1) is 24.5 Å². The Morgan fingerprint density at radius 2 is 2.05 bits per heavy atom. The molecule has 1 aliphatic heterocycles. The zero-order valence-corrected chi connectivity index (χ0v) is 11.8. The smallest absolute Gasteiger partial charge is 0.153 e. The Balaban J connectivity index is 1.54. The first kappa shape index (κ1) is 13.9. The van der Waals surface area contributed by atoms with Gasteiger partial charge in [-0.15, -0.1) is 0 Å². The van der Waals surface area contributed by atoms with Gasteiger partial charge >= 0.3 is 0 Å². The van der Waals surface area contributed by atoms with Crippen molar-refractivity contribution in [2.45, 2.75) is 6.23 Å². The number of aliphatic imine (C=N–C) groups is 1. The molecule has 2 aromatic heterocycles. The number of pyridine rings is 2. The van der Waals surface area contributed by atoms with Crippen LogP contribution in [0.4, 0.5) is 0 Å². The Morgan fingerprint density at radius 3 is 2.81 bits per heavy atom. The predicted octanol–water partition coefficient (Wildman–Crippen LogP) is 1.93. The summed E-state index contributed by atoms with van der Waals surface area (Å²) in [5.41, 5.74) is 1.85. The van der Waals surface area contributed by atoms with Gasteiger partial charge < -0.3 is 4.74 Å². The number of aromatic nitrogens is 2. The van der Waals surface area contributed by atoms with Gasteiger partial charge in [-0.05, 0) is 24.3 Å². The first-order valence-corrected chi connectivity index (χ1v) is 7.11. The second kappa shape index (κ2) is 7.06. The van der Waals surface area contributed by atoms with Crippen molar-refractivity contribution in [2.75, 3.05) is 26.2 Å². The van der Waals surface area contributed by atoms with E-state index in [2.05, 4.69) is 19.9 Å². The normalized spacial score (nSPS) is 19.3. The number of ether oxygens (including phenoxy) is 1. The van der Waals surface area contributed by atoms with E-state index in [-0.39, 0.29) is 6.23 Å². The molecule has 5 nitrogen and oxygen atoms in total. The third kappa shape index (κ3) is 3.71. The van der Waals surface area contributed by atoms with Crippen LogP contribution in [0.1, 0.15) is 17.6 Å². The monoisotopic (exact) mass is 282 g/mol. The van der Waals surface area contributed by atoms with Crippen molar-refractivity contribution in [1.82, 2.24) is 14.9 Å². The molecule has 0 bridgehead atoms. The van der Waals surface area contributed by atoms with Crippen LogP contribution in [0, 0.1) is 0 Å². The van der Waals surface area contributed by atoms with E-state index >= 15 is 0 Å². The molecule has 108 valence electrons. The molecule has 1 saturated heterocycles. The highest BCUT2D eigenvalue weighted by atomic mass is 16.5. The lowest BCUT2D eigenvalue weighted by molar-refractivity contribution is 0.0308. The summed E-state index contributed by atoms with van der Waals surface area (Å²) in [4.78, 5) is 15.3. The molecule has 21 heavy (non-hydrogen) atoms. The minimum Gasteiger partial charge on any atom is -0.356 e. The van der Waals surface area contributed by atoms with E-state index < -0.39 is 0 Å². The molecule has 0 saturated carbocycles. The van der Waals surface area contributed by atoms with Crippen molar-refractivity contribution in [1.29, 1.82) is 0 Å². The van der Waals surface area contributed by atoms with Crippen LogP contribution in [0.5, 0.6) is 0 Å². The van der Waals surface area contributed by atoms with E-state index in [9.17, 15) is 0 Å². The first-order chi connectivity index (χ1) is 10.4. The molecular weight excluding hydrogens is 264 g/mol. The van der Waals surface area contributed by atoms with E-state index in [1.54, 1.807) is 12.4 Å². The van der Waals surface area contributed by atoms with Crippen LogP contribution in [0.15, 0.2) is 53.8 Å². The van der Waals surface area contributed by atoms with Crippen LogP contribution < -0.4 is 0 Å². The predicted molar refractivity (Wildman–Crippen MR) is 81.2 cm³/mol. The molecule has 3 rings (SSSR count). The van der Waals surface area contributed by atoms with Crippen LogP contribution in [0.2, 0.25) is 0 Å². The lowest BCUT2D eigenvalue weighted by Crippen LogP contribution is -2.27. The van der Waals surface area contributed by atoms with Gasteiger partial charge in [-0.3, -0.25) is 19.9 Å². The van der Waals surface area contributed by atoms with Gasteiger partial charge in [0.25, 0.3) is 0 Å². The molecule has 0 radical (unpaired) electrons. The minimum atomic E-state index is -0.0451. The summed E-state index contributed by atoms with van der Waals surface area (Å²) < 4.78 is 5.77. The maximum absolute atomic E-state index is 5.77. The third-order valence-corrected chi connectivity index (χ3v) is 3.35. The van der Waals surface area contributed by atoms with E-state index in [4.69, 9.17) is 4.74 Å². The zero-order chi connectivity index (χ0) is 14.3. The highest BCUT2D eigenvalue weighted by Crippen LogP contribution is 2.24. The van der Waals surface area contributed by atoms with Crippen molar-refractivity contribution >= 4 is 6.21 Å². The Bertz CT molecular complexity index is 573. The standard InChI is InChI=1S/C16H18N4O/c1-3-7-18-14(5-1)13-17-9-10-20-11-12-21-16(20)15-6-2-4-8-19-15/h1-8,13,16H,9-12H2. The molecule has 3 heterocycles. The summed E-state index contributed by atoms with van der Waals surface area (Å²) in [5, 5.41) is 0. The van der Waals surface area contributed by atoms with E-state index in [0.717, 1.165) is 37.6 Å². The van der Waals surface area contributed by atoms with Gasteiger partial charge in [0, 0.05) is 31.7 Å². The molecule has 1 unspecified atom stereocenters. The molecular formula is C16H18N4O. The lowest BCUT2D eigenvalue weighted by Gasteiger charge is -2.21. The third-order valence-electron chi connectivity index (χ3n) is 3.35. The summed E-state index contributed by atoms with van der Waals surface area (Å²) >= 11 is 0. The molecule has 5 heteroatoms. The fourth-order valence-electron chi connectivity index (χ4n) is 2.32. The summed E-state index contributed by atoms with van der Waals surface area (Å²) in [6.07, 6.45) is 5.34. The van der Waals surface area contributed by atoms with Crippen molar-refractivity contribution in [2.24, 2.45) is 4.99 Å². The number of nitrogens with zero attached hydrogens (tertiary/aromatic N) is 4. The van der Waals surface area contributed by atoms with Gasteiger partial charge in [0.2, 0.25) is 0 Å². The van der Waals surface area contributed by atoms with Gasteiger partial charge in [-0.2, -0.15) is 0 Å². The number of hydrogen-bond donors (Lipinski definition) is 0. The van der Waals surface area contributed by atoms with Crippen molar-refractivity contribution in [3.8, 4) is 0 Å². The summed E-state index contributed by atoms with van der Waals surface area (Å²) in [7, 11) is 0. The summed E-state index contributed by atoms with van der Waals surface area (Å²) in [6, 6.07) is 11.7. The number of rotatable bonds is 5. The average molecular weight is 282 g/mol. The van der Waals surface area contributed by atoms with Gasteiger partial charge in [0.15, 0.2) is 6.23 Å². The lowest BCUT2D eigenvalue weighted by atomic mass is 10.3. The van der Waals surface area contributed by atoms with Gasteiger partial charge in [0.1, 0.15) is 0 Å². The Morgan fingerprint density at radius 1 is 1.19 bits per heavy atom. The number of hydrogen-bond acceptors (Lipinski definition) is 5. The molecule has 1 atom stereocenters. The maximum Gasteiger partial charge on any atom is 0.153 e. The average Bonchev–Trinajstić information content (AvgIpc) is 3.02. The quantitative estimate of drug-likeness (QED) is 0.786. The zero-order valence-electron chi connectivity index (χ0n) is 11.8. The molecule has 0 N–H and O–H groups in total. The van der Waals surface area contributed by atoms with Crippen LogP contribution in [0.25, 0.3) is 0 Å². The highest BCUT2D eigenvalue weighted by Gasteiger charge is 2.26. The van der Waals surface area contributed by atoms with E-state index in [1.165, 1.54) is 0 Å². The SMILES string of the molecule is C(=NCCN1CCOC1c1ccccn1)c1ccccn1. The van der Waals surface area contributed by atoms with Gasteiger partial charge in [-0.1, -0.05) is 12.1 Å². The van der Waals surface area contributed by atoms with Crippen molar-refractivity contribution < 1.29 is 4.74 Å². The highest BCUT2D eigenvalue weighted by molar-refractivity contribution is 5.76. The van der Waals surface area contributed by atoms with Crippen molar-refractivity contribution in [3.05, 3.63) is 60.2 Å².